The summed E-state index contributed by atoms with van der Waals surface area (Å²) in [6, 6.07) is 9.87. The minimum absolute atomic E-state index is 0.157. The molecule has 3 nitrogen and oxygen atoms in total. The Morgan fingerprint density at radius 3 is 2.50 bits per heavy atom. The third-order valence-electron chi connectivity index (χ3n) is 4.37. The van der Waals surface area contributed by atoms with Gasteiger partial charge in [0.2, 0.25) is 5.91 Å². The fourth-order valence-electron chi connectivity index (χ4n) is 3.18. The van der Waals surface area contributed by atoms with E-state index >= 15 is 0 Å². The Hall–Kier alpha value is -1.35. The van der Waals surface area contributed by atoms with Crippen LogP contribution in [0.4, 0.5) is 0 Å². The Labute approximate surface area is 122 Å². The number of nitrogens with zero attached hydrogens (tertiary/aromatic N) is 1. The highest BCUT2D eigenvalue weighted by Crippen LogP contribution is 2.25. The normalized spacial score (nSPS) is 17.7. The van der Waals surface area contributed by atoms with Crippen molar-refractivity contribution < 1.29 is 4.79 Å². The third kappa shape index (κ3) is 3.83. The first kappa shape index (κ1) is 15.0. The lowest BCUT2D eigenvalue weighted by Crippen LogP contribution is -2.38. The van der Waals surface area contributed by atoms with E-state index in [0.29, 0.717) is 12.5 Å². The summed E-state index contributed by atoms with van der Waals surface area (Å²) in [6.45, 7) is 1.25. The van der Waals surface area contributed by atoms with Crippen LogP contribution in [0.3, 0.4) is 0 Å². The van der Waals surface area contributed by atoms with Gasteiger partial charge in [0.25, 0.3) is 0 Å². The quantitative estimate of drug-likeness (QED) is 0.897. The minimum Gasteiger partial charge on any atom is -0.345 e. The summed E-state index contributed by atoms with van der Waals surface area (Å²) in [4.78, 5) is 14.5. The summed E-state index contributed by atoms with van der Waals surface area (Å²) >= 11 is 0. The van der Waals surface area contributed by atoms with Crippen LogP contribution in [0.25, 0.3) is 0 Å². The molecule has 0 radical (unpaired) electrons. The molecule has 110 valence electrons. The maximum atomic E-state index is 12.6. The van der Waals surface area contributed by atoms with Crippen molar-refractivity contribution >= 4 is 5.91 Å². The standard InChI is InChI=1S/C17H26N2O/c1-19(13-14-8-4-2-5-9-14)17(20)16(12-18)15-10-6-3-7-11-15/h3,6-7,10-11,14,16H,2,4-5,8-9,12-13,18H2,1H3. The van der Waals surface area contributed by atoms with Gasteiger partial charge in [-0.1, -0.05) is 49.6 Å². The number of hydrogen-bond acceptors (Lipinski definition) is 2. The fraction of sp³-hybridized carbons (Fsp3) is 0.588. The molecule has 0 aliphatic heterocycles. The molecule has 1 atom stereocenters. The maximum Gasteiger partial charge on any atom is 0.231 e. The Balaban J connectivity index is 1.97. The average molecular weight is 274 g/mol. The molecule has 1 unspecified atom stereocenters. The summed E-state index contributed by atoms with van der Waals surface area (Å²) in [7, 11) is 1.92. The Morgan fingerprint density at radius 1 is 1.25 bits per heavy atom. The number of nitrogens with two attached hydrogens (primary N) is 1. The highest BCUT2D eigenvalue weighted by molar-refractivity contribution is 5.83. The van der Waals surface area contributed by atoms with E-state index < -0.39 is 0 Å². The van der Waals surface area contributed by atoms with E-state index in [4.69, 9.17) is 5.73 Å². The highest BCUT2D eigenvalue weighted by atomic mass is 16.2. The van der Waals surface area contributed by atoms with Crippen LogP contribution in [-0.2, 0) is 4.79 Å². The van der Waals surface area contributed by atoms with Crippen LogP contribution in [0.15, 0.2) is 30.3 Å². The van der Waals surface area contributed by atoms with E-state index in [-0.39, 0.29) is 11.8 Å². The Morgan fingerprint density at radius 2 is 1.90 bits per heavy atom. The average Bonchev–Trinajstić information content (AvgIpc) is 2.50. The van der Waals surface area contributed by atoms with Crippen molar-refractivity contribution in [3.05, 3.63) is 35.9 Å². The number of rotatable bonds is 5. The molecule has 3 heteroatoms. The lowest BCUT2D eigenvalue weighted by Gasteiger charge is -2.29. The van der Waals surface area contributed by atoms with E-state index in [2.05, 4.69) is 0 Å². The van der Waals surface area contributed by atoms with Crippen LogP contribution in [0, 0.1) is 5.92 Å². The Kier molecular flexibility index (Phi) is 5.60. The third-order valence-corrected chi connectivity index (χ3v) is 4.37. The van der Waals surface area contributed by atoms with Gasteiger partial charge in [-0.05, 0) is 24.3 Å². The van der Waals surface area contributed by atoms with Crippen LogP contribution in [0.5, 0.6) is 0 Å². The number of hydrogen-bond donors (Lipinski definition) is 1. The molecule has 0 spiro atoms. The largest absolute Gasteiger partial charge is 0.345 e. The van der Waals surface area contributed by atoms with Gasteiger partial charge >= 0.3 is 0 Å². The summed E-state index contributed by atoms with van der Waals surface area (Å²) in [5, 5.41) is 0. The molecule has 1 aromatic carbocycles. The number of carbonyl (C=O) groups is 1. The van der Waals surface area contributed by atoms with E-state index in [1.54, 1.807) is 0 Å². The molecular weight excluding hydrogens is 248 g/mol. The molecule has 1 aliphatic carbocycles. The topological polar surface area (TPSA) is 46.3 Å². The van der Waals surface area contributed by atoms with Crippen LogP contribution >= 0.6 is 0 Å². The number of carbonyl (C=O) groups excluding carboxylic acids is 1. The van der Waals surface area contributed by atoms with E-state index in [0.717, 1.165) is 12.1 Å². The smallest absolute Gasteiger partial charge is 0.231 e. The molecule has 1 fully saturated rings. The van der Waals surface area contributed by atoms with Crippen LogP contribution in [0.2, 0.25) is 0 Å². The van der Waals surface area contributed by atoms with Gasteiger partial charge in [0.05, 0.1) is 5.92 Å². The van der Waals surface area contributed by atoms with Gasteiger partial charge in [-0.3, -0.25) is 4.79 Å². The summed E-state index contributed by atoms with van der Waals surface area (Å²) in [6.07, 6.45) is 6.49. The van der Waals surface area contributed by atoms with Crippen molar-refractivity contribution in [2.45, 2.75) is 38.0 Å². The zero-order valence-corrected chi connectivity index (χ0v) is 12.4. The number of amides is 1. The monoisotopic (exact) mass is 274 g/mol. The van der Waals surface area contributed by atoms with Crippen LogP contribution in [0.1, 0.15) is 43.6 Å². The molecule has 0 heterocycles. The molecule has 2 rings (SSSR count). The second-order valence-corrected chi connectivity index (χ2v) is 5.92. The van der Waals surface area contributed by atoms with Crippen molar-refractivity contribution in [2.75, 3.05) is 20.1 Å². The lowest BCUT2D eigenvalue weighted by molar-refractivity contribution is -0.132. The second-order valence-electron chi connectivity index (χ2n) is 5.92. The van der Waals surface area contributed by atoms with Gasteiger partial charge in [-0.15, -0.1) is 0 Å². The van der Waals surface area contributed by atoms with E-state index in [1.807, 2.05) is 42.3 Å². The Bertz CT molecular complexity index is 412. The van der Waals surface area contributed by atoms with E-state index in [9.17, 15) is 4.79 Å². The maximum absolute atomic E-state index is 12.6. The SMILES string of the molecule is CN(CC1CCCCC1)C(=O)C(CN)c1ccccc1. The van der Waals surface area contributed by atoms with Gasteiger partial charge < -0.3 is 10.6 Å². The van der Waals surface area contributed by atoms with Gasteiger partial charge in [-0.2, -0.15) is 0 Å². The van der Waals surface area contributed by atoms with Crippen molar-refractivity contribution in [2.24, 2.45) is 11.7 Å². The molecule has 1 aliphatic rings. The van der Waals surface area contributed by atoms with Crippen molar-refractivity contribution in [3.8, 4) is 0 Å². The molecule has 20 heavy (non-hydrogen) atoms. The van der Waals surface area contributed by atoms with Gasteiger partial charge in [-0.25, -0.2) is 0 Å². The van der Waals surface area contributed by atoms with Crippen molar-refractivity contribution in [3.63, 3.8) is 0 Å². The van der Waals surface area contributed by atoms with Gasteiger partial charge in [0.15, 0.2) is 0 Å². The first-order valence-electron chi connectivity index (χ1n) is 7.72. The van der Waals surface area contributed by atoms with Crippen molar-refractivity contribution in [1.29, 1.82) is 0 Å². The molecule has 2 N–H and O–H groups in total. The molecule has 1 amide bonds. The molecule has 1 aromatic rings. The summed E-state index contributed by atoms with van der Waals surface area (Å²) in [5.41, 5.74) is 6.85. The van der Waals surface area contributed by atoms with Gasteiger partial charge in [0.1, 0.15) is 0 Å². The predicted octanol–water partition coefficient (Wildman–Crippen LogP) is 2.77. The molecule has 0 bridgehead atoms. The van der Waals surface area contributed by atoms with Gasteiger partial charge in [0, 0.05) is 20.1 Å². The molecule has 1 saturated carbocycles. The highest BCUT2D eigenvalue weighted by Gasteiger charge is 2.24. The lowest BCUT2D eigenvalue weighted by atomic mass is 9.88. The molecular formula is C17H26N2O. The van der Waals surface area contributed by atoms with Crippen LogP contribution in [-0.4, -0.2) is 30.9 Å². The zero-order chi connectivity index (χ0) is 14.4. The minimum atomic E-state index is -0.204. The number of likely N-dealkylation sites (N-methyl/N-ethyl adjacent to an activating group) is 1. The van der Waals surface area contributed by atoms with E-state index in [1.165, 1.54) is 32.1 Å². The molecule has 0 saturated heterocycles. The van der Waals surface area contributed by atoms with Crippen LogP contribution < -0.4 is 5.73 Å². The molecule has 0 aromatic heterocycles. The first-order chi connectivity index (χ1) is 9.72. The number of benzene rings is 1. The zero-order valence-electron chi connectivity index (χ0n) is 12.4. The van der Waals surface area contributed by atoms with Crippen molar-refractivity contribution in [1.82, 2.24) is 4.90 Å². The second kappa shape index (κ2) is 7.44. The summed E-state index contributed by atoms with van der Waals surface area (Å²) in [5.74, 6) is 0.626. The summed E-state index contributed by atoms with van der Waals surface area (Å²) < 4.78 is 0. The first-order valence-corrected chi connectivity index (χ1v) is 7.72. The fourth-order valence-corrected chi connectivity index (χ4v) is 3.18. The predicted molar refractivity (Wildman–Crippen MR) is 82.4 cm³/mol.